The van der Waals surface area contributed by atoms with Gasteiger partial charge in [0, 0.05) is 25.6 Å². The summed E-state index contributed by atoms with van der Waals surface area (Å²) in [7, 11) is 2.86. The molecule has 2 atom stereocenters. The van der Waals surface area contributed by atoms with Gasteiger partial charge in [0.2, 0.25) is 0 Å². The predicted molar refractivity (Wildman–Crippen MR) is 152 cm³/mol. The number of nitrogens with one attached hydrogen (secondary N) is 2. The molecule has 3 N–H and O–H groups in total. The molecule has 0 fully saturated rings. The molecule has 0 spiro atoms. The molecule has 2 unspecified atom stereocenters. The number of hydrogen-bond donors (Lipinski definition) is 3. The van der Waals surface area contributed by atoms with E-state index >= 15 is 0 Å². The van der Waals surface area contributed by atoms with Crippen molar-refractivity contribution in [2.24, 2.45) is 7.05 Å². The van der Waals surface area contributed by atoms with Gasteiger partial charge in [-0.3, -0.25) is 14.0 Å². The van der Waals surface area contributed by atoms with Gasteiger partial charge in [0.15, 0.2) is 5.75 Å². The van der Waals surface area contributed by atoms with Crippen molar-refractivity contribution in [2.45, 2.75) is 31.4 Å². The fourth-order valence-corrected chi connectivity index (χ4v) is 4.80. The number of carbonyl (C=O) groups is 2. The first kappa shape index (κ1) is 31.9. The zero-order valence-corrected chi connectivity index (χ0v) is 23.4. The summed E-state index contributed by atoms with van der Waals surface area (Å²) in [4.78, 5) is 38.0. The highest BCUT2D eigenvalue weighted by molar-refractivity contribution is 6.00. The number of nitrogens with zero attached hydrogens (tertiary/aromatic N) is 2. The van der Waals surface area contributed by atoms with Crippen LogP contribution in [-0.2, 0) is 18.3 Å². The third-order valence-electron chi connectivity index (χ3n) is 6.98. The summed E-state index contributed by atoms with van der Waals surface area (Å²) in [5.41, 5.74) is -0.856. The SMILES string of the molecule is COc1cnn(C)c(=O)c1-c1ccc(CC(NC(=O)c2c(F)cc(NC(CCF)C(F)F)cc2F)C(=O)O)c2ccccc12. The van der Waals surface area contributed by atoms with Crippen molar-refractivity contribution in [3.63, 3.8) is 0 Å². The van der Waals surface area contributed by atoms with Crippen LogP contribution in [0.2, 0.25) is 0 Å². The first-order valence-electron chi connectivity index (χ1n) is 13.2. The Bertz CT molecular complexity index is 1740. The molecule has 3 aromatic carbocycles. The van der Waals surface area contributed by atoms with Crippen LogP contribution in [0, 0.1) is 11.6 Å². The van der Waals surface area contributed by atoms with E-state index in [4.69, 9.17) is 4.74 Å². The van der Waals surface area contributed by atoms with E-state index in [1.165, 1.54) is 20.4 Å². The molecule has 0 bridgehead atoms. The number of carboxylic acid groups (broad SMARTS) is 1. The summed E-state index contributed by atoms with van der Waals surface area (Å²) < 4.78 is 74.9. The molecule has 4 aromatic rings. The minimum atomic E-state index is -3.03. The van der Waals surface area contributed by atoms with Crippen LogP contribution in [0.25, 0.3) is 21.9 Å². The molecule has 4 rings (SSSR count). The average Bonchev–Trinajstić information content (AvgIpc) is 2.97. The van der Waals surface area contributed by atoms with Crippen LogP contribution >= 0.6 is 0 Å². The standard InChI is InChI=1S/C30H27F5N4O5/c1-39-29(41)25(24(44-2)14-36-39)19-8-7-15(17-5-3-4-6-18(17)19)11-23(30(42)43)38-28(40)26-20(32)12-16(13-21(26)33)37-22(9-10-31)27(34)35/h3-8,12-14,22-23,27,37H,9-11H2,1-2H3,(H,38,40)(H,42,43). The maximum atomic E-state index is 14.8. The van der Waals surface area contributed by atoms with Crippen LogP contribution in [0.4, 0.5) is 27.6 Å². The Hall–Kier alpha value is -5.01. The van der Waals surface area contributed by atoms with Crippen molar-refractivity contribution in [3.8, 4) is 16.9 Å². The lowest BCUT2D eigenvalue weighted by atomic mass is 9.92. The van der Waals surface area contributed by atoms with Crippen LogP contribution in [0.3, 0.4) is 0 Å². The number of hydrogen-bond acceptors (Lipinski definition) is 6. The molecule has 1 aromatic heterocycles. The molecular formula is C30H27F5N4O5. The molecule has 14 heteroatoms. The summed E-state index contributed by atoms with van der Waals surface area (Å²) in [5, 5.41) is 19.2. The van der Waals surface area contributed by atoms with E-state index in [1.807, 2.05) is 0 Å². The number of amides is 1. The van der Waals surface area contributed by atoms with Crippen molar-refractivity contribution in [2.75, 3.05) is 19.1 Å². The number of aryl methyl sites for hydroxylation is 1. The molecule has 1 amide bonds. The van der Waals surface area contributed by atoms with Crippen molar-refractivity contribution >= 4 is 28.3 Å². The summed E-state index contributed by atoms with van der Waals surface area (Å²) in [5.74, 6) is -5.55. The van der Waals surface area contributed by atoms with Gasteiger partial charge in [-0.2, -0.15) is 5.10 Å². The smallest absolute Gasteiger partial charge is 0.326 e. The predicted octanol–water partition coefficient (Wildman–Crippen LogP) is 4.72. The molecule has 44 heavy (non-hydrogen) atoms. The molecule has 0 saturated carbocycles. The van der Waals surface area contributed by atoms with Gasteiger partial charge in [-0.15, -0.1) is 0 Å². The Labute approximate surface area is 247 Å². The zero-order valence-electron chi connectivity index (χ0n) is 23.4. The largest absolute Gasteiger partial charge is 0.494 e. The lowest BCUT2D eigenvalue weighted by molar-refractivity contribution is -0.139. The maximum absolute atomic E-state index is 14.8. The first-order valence-corrected chi connectivity index (χ1v) is 13.2. The molecular weight excluding hydrogens is 591 g/mol. The Kier molecular flexibility index (Phi) is 9.81. The fourth-order valence-electron chi connectivity index (χ4n) is 4.80. The van der Waals surface area contributed by atoms with Crippen LogP contribution in [-0.4, -0.2) is 59.1 Å². The molecule has 9 nitrogen and oxygen atoms in total. The van der Waals surface area contributed by atoms with Crippen molar-refractivity contribution in [1.82, 2.24) is 15.1 Å². The van der Waals surface area contributed by atoms with Gasteiger partial charge >= 0.3 is 5.97 Å². The van der Waals surface area contributed by atoms with Gasteiger partial charge in [-0.05, 0) is 34.0 Å². The molecule has 0 saturated heterocycles. The quantitative estimate of drug-likeness (QED) is 0.197. The number of anilines is 1. The minimum Gasteiger partial charge on any atom is -0.494 e. The van der Waals surface area contributed by atoms with Crippen molar-refractivity contribution < 1.29 is 41.4 Å². The maximum Gasteiger partial charge on any atom is 0.326 e. The highest BCUT2D eigenvalue weighted by Gasteiger charge is 2.28. The number of aliphatic carboxylic acids is 1. The number of aromatic nitrogens is 2. The zero-order chi connectivity index (χ0) is 32.1. The second-order valence-electron chi connectivity index (χ2n) is 9.78. The molecule has 232 valence electrons. The number of fused-ring (bicyclic) bond motifs is 1. The minimum absolute atomic E-state index is 0.221. The van der Waals surface area contributed by atoms with E-state index in [0.29, 0.717) is 34.0 Å². The molecule has 0 aliphatic heterocycles. The van der Waals surface area contributed by atoms with E-state index in [1.54, 1.807) is 36.4 Å². The number of ether oxygens (including phenoxy) is 1. The monoisotopic (exact) mass is 618 g/mol. The average molecular weight is 619 g/mol. The van der Waals surface area contributed by atoms with E-state index in [9.17, 15) is 41.4 Å². The van der Waals surface area contributed by atoms with Gasteiger partial charge in [0.05, 0.1) is 31.6 Å². The topological polar surface area (TPSA) is 123 Å². The van der Waals surface area contributed by atoms with E-state index in [2.05, 4.69) is 15.7 Å². The lowest BCUT2D eigenvalue weighted by Gasteiger charge is -2.20. The Morgan fingerprint density at radius 2 is 1.73 bits per heavy atom. The van der Waals surface area contributed by atoms with Crippen molar-refractivity contribution in [3.05, 3.63) is 87.8 Å². The molecule has 0 aliphatic carbocycles. The van der Waals surface area contributed by atoms with Crippen molar-refractivity contribution in [1.29, 1.82) is 0 Å². The first-order chi connectivity index (χ1) is 21.0. The summed E-state index contributed by atoms with van der Waals surface area (Å²) >= 11 is 0. The summed E-state index contributed by atoms with van der Waals surface area (Å²) in [6, 6.07) is 7.78. The third-order valence-corrected chi connectivity index (χ3v) is 6.98. The lowest BCUT2D eigenvalue weighted by Crippen LogP contribution is -2.43. The van der Waals surface area contributed by atoms with Gasteiger partial charge in [-0.25, -0.2) is 27.0 Å². The van der Waals surface area contributed by atoms with Crippen LogP contribution in [0.1, 0.15) is 22.3 Å². The number of carboxylic acids is 1. The highest BCUT2D eigenvalue weighted by atomic mass is 19.3. The fraction of sp³-hybridized carbons (Fsp3) is 0.267. The normalized spacial score (nSPS) is 12.6. The van der Waals surface area contributed by atoms with E-state index in [0.717, 1.165) is 4.68 Å². The van der Waals surface area contributed by atoms with Gasteiger partial charge in [0.25, 0.3) is 17.9 Å². The molecule has 1 heterocycles. The highest BCUT2D eigenvalue weighted by Crippen LogP contribution is 2.34. The van der Waals surface area contributed by atoms with E-state index in [-0.39, 0.29) is 17.7 Å². The Morgan fingerprint density at radius 3 is 2.32 bits per heavy atom. The van der Waals surface area contributed by atoms with E-state index < -0.39 is 71.9 Å². The van der Waals surface area contributed by atoms with Crippen LogP contribution in [0.15, 0.2) is 59.5 Å². The summed E-state index contributed by atoms with van der Waals surface area (Å²) in [6.07, 6.45) is -2.57. The molecule has 0 aliphatic rings. The van der Waals surface area contributed by atoms with Crippen LogP contribution < -0.4 is 20.9 Å². The Balaban J connectivity index is 1.65. The number of methoxy groups -OCH3 is 1. The second-order valence-corrected chi connectivity index (χ2v) is 9.78. The summed E-state index contributed by atoms with van der Waals surface area (Å²) in [6.45, 7) is -1.10. The van der Waals surface area contributed by atoms with Crippen LogP contribution in [0.5, 0.6) is 5.75 Å². The number of halogens is 5. The third kappa shape index (κ3) is 6.63. The van der Waals surface area contributed by atoms with Gasteiger partial charge in [-0.1, -0.05) is 36.4 Å². The molecule has 0 radical (unpaired) electrons. The number of alkyl halides is 3. The number of rotatable bonds is 12. The Morgan fingerprint density at radius 1 is 1.07 bits per heavy atom. The van der Waals surface area contributed by atoms with Gasteiger partial charge < -0.3 is 20.5 Å². The van der Waals surface area contributed by atoms with Gasteiger partial charge in [0.1, 0.15) is 23.2 Å². The number of benzene rings is 3. The second kappa shape index (κ2) is 13.5. The number of carbonyl (C=O) groups excluding carboxylic acids is 1.